The first-order valence-electron chi connectivity index (χ1n) is 6.73. The lowest BCUT2D eigenvalue weighted by Crippen LogP contribution is -2.28. The molecule has 1 heterocycles. The van der Waals surface area contributed by atoms with Gasteiger partial charge in [-0.1, -0.05) is 48.5 Å². The summed E-state index contributed by atoms with van der Waals surface area (Å²) in [4.78, 5) is 12.2. The summed E-state index contributed by atoms with van der Waals surface area (Å²) in [5.74, 6) is 0.0933. The molecule has 1 N–H and O–H groups in total. The second-order valence-electron chi connectivity index (χ2n) is 4.99. The topological polar surface area (TPSA) is 46.5 Å². The van der Waals surface area contributed by atoms with Crippen LogP contribution in [0.3, 0.4) is 0 Å². The highest BCUT2D eigenvalue weighted by Crippen LogP contribution is 2.13. The minimum Gasteiger partial charge on any atom is -0.423 e. The van der Waals surface area contributed by atoms with Crippen LogP contribution in [0.2, 0.25) is 0 Å². The third kappa shape index (κ3) is 2.67. The van der Waals surface area contributed by atoms with Gasteiger partial charge in [0.15, 0.2) is 5.78 Å². The molecule has 0 amide bonds. The standard InChI is InChI=1S/C16H15BO3/c18-16(9-6-12-4-2-1-3-5-12)13-7-8-14-11-20-17(19)15(14)10-13/h1-5,7-8,10,19H,6,9,11H2. The van der Waals surface area contributed by atoms with Crippen LogP contribution >= 0.6 is 0 Å². The molecule has 0 aliphatic carbocycles. The fraction of sp³-hybridized carbons (Fsp3) is 0.188. The van der Waals surface area contributed by atoms with E-state index >= 15 is 0 Å². The van der Waals surface area contributed by atoms with Crippen molar-refractivity contribution in [2.45, 2.75) is 19.4 Å². The molecule has 3 rings (SSSR count). The maximum Gasteiger partial charge on any atom is 0.491 e. The minimum absolute atomic E-state index is 0.0933. The molecule has 0 bridgehead atoms. The molecule has 0 fully saturated rings. The van der Waals surface area contributed by atoms with Crippen LogP contribution in [0.4, 0.5) is 0 Å². The molecule has 1 aliphatic rings. The molecule has 3 nitrogen and oxygen atoms in total. The van der Waals surface area contributed by atoms with Crippen molar-refractivity contribution in [1.29, 1.82) is 0 Å². The van der Waals surface area contributed by atoms with Crippen molar-refractivity contribution >= 4 is 18.4 Å². The first kappa shape index (κ1) is 13.1. The van der Waals surface area contributed by atoms with E-state index in [0.29, 0.717) is 18.6 Å². The van der Waals surface area contributed by atoms with Crippen LogP contribution in [0, 0.1) is 0 Å². The average Bonchev–Trinajstić information content (AvgIpc) is 2.87. The largest absolute Gasteiger partial charge is 0.491 e. The molecule has 0 spiro atoms. The molecule has 0 aromatic heterocycles. The zero-order chi connectivity index (χ0) is 13.9. The monoisotopic (exact) mass is 266 g/mol. The van der Waals surface area contributed by atoms with Gasteiger partial charge in [-0.25, -0.2) is 0 Å². The summed E-state index contributed by atoms with van der Waals surface area (Å²) in [7, 11) is -0.896. The molecule has 4 heteroatoms. The molecule has 0 atom stereocenters. The lowest BCUT2D eigenvalue weighted by Gasteiger charge is -2.04. The predicted molar refractivity (Wildman–Crippen MR) is 77.9 cm³/mol. The number of carbonyl (C=O) groups is 1. The van der Waals surface area contributed by atoms with Crippen LogP contribution in [0.1, 0.15) is 27.9 Å². The SMILES string of the molecule is O=C(CCc1ccccc1)c1ccc2c(c1)B(O)OC2. The fourth-order valence-electron chi connectivity index (χ4n) is 2.44. The first-order chi connectivity index (χ1) is 9.74. The quantitative estimate of drug-likeness (QED) is 0.677. The third-order valence-corrected chi connectivity index (χ3v) is 3.61. The second-order valence-corrected chi connectivity index (χ2v) is 4.99. The summed E-state index contributed by atoms with van der Waals surface area (Å²) in [5.41, 5.74) is 3.47. The fourth-order valence-corrected chi connectivity index (χ4v) is 2.44. The molecule has 100 valence electrons. The minimum atomic E-state index is -0.896. The van der Waals surface area contributed by atoms with Gasteiger partial charge in [-0.05, 0) is 23.0 Å². The van der Waals surface area contributed by atoms with E-state index < -0.39 is 7.12 Å². The van der Waals surface area contributed by atoms with Gasteiger partial charge in [0.1, 0.15) is 0 Å². The van der Waals surface area contributed by atoms with Crippen molar-refractivity contribution in [3.05, 3.63) is 65.2 Å². The molecule has 2 aromatic rings. The molecular formula is C16H15BO3. The maximum absolute atomic E-state index is 12.2. The van der Waals surface area contributed by atoms with Gasteiger partial charge >= 0.3 is 7.12 Å². The van der Waals surface area contributed by atoms with Crippen molar-refractivity contribution < 1.29 is 14.5 Å². The third-order valence-electron chi connectivity index (χ3n) is 3.61. The average molecular weight is 266 g/mol. The molecule has 20 heavy (non-hydrogen) atoms. The second kappa shape index (κ2) is 5.61. The highest BCUT2D eigenvalue weighted by atomic mass is 16.5. The van der Waals surface area contributed by atoms with Gasteiger partial charge in [0, 0.05) is 12.0 Å². The van der Waals surface area contributed by atoms with E-state index in [9.17, 15) is 9.82 Å². The molecule has 0 saturated heterocycles. The van der Waals surface area contributed by atoms with Crippen molar-refractivity contribution in [3.8, 4) is 0 Å². The van der Waals surface area contributed by atoms with Crippen LogP contribution in [0.25, 0.3) is 0 Å². The highest BCUT2D eigenvalue weighted by Gasteiger charge is 2.27. The van der Waals surface area contributed by atoms with Crippen molar-refractivity contribution in [2.24, 2.45) is 0 Å². The molecule has 0 unspecified atom stereocenters. The Bertz CT molecular complexity index is 625. The number of fused-ring (bicyclic) bond motifs is 1. The molecule has 1 aliphatic heterocycles. The van der Waals surface area contributed by atoms with Crippen molar-refractivity contribution in [2.75, 3.05) is 0 Å². The van der Waals surface area contributed by atoms with E-state index in [1.165, 1.54) is 0 Å². The number of rotatable bonds is 4. The zero-order valence-electron chi connectivity index (χ0n) is 11.1. The molecule has 0 saturated carbocycles. The normalized spacial score (nSPS) is 13.3. The van der Waals surface area contributed by atoms with Crippen LogP contribution in [-0.2, 0) is 17.7 Å². The zero-order valence-corrected chi connectivity index (χ0v) is 11.1. The van der Waals surface area contributed by atoms with Crippen LogP contribution in [-0.4, -0.2) is 17.9 Å². The summed E-state index contributed by atoms with van der Waals surface area (Å²) in [6.45, 7) is 0.412. The lowest BCUT2D eigenvalue weighted by molar-refractivity contribution is 0.0983. The molecule has 0 radical (unpaired) electrons. The highest BCUT2D eigenvalue weighted by molar-refractivity contribution is 6.61. The number of ketones is 1. The van der Waals surface area contributed by atoms with Gasteiger partial charge in [-0.15, -0.1) is 0 Å². The first-order valence-corrected chi connectivity index (χ1v) is 6.73. The summed E-state index contributed by atoms with van der Waals surface area (Å²) < 4.78 is 5.13. The summed E-state index contributed by atoms with van der Waals surface area (Å²) in [6, 6.07) is 15.4. The van der Waals surface area contributed by atoms with Crippen molar-refractivity contribution in [3.63, 3.8) is 0 Å². The number of aryl methyl sites for hydroxylation is 1. The number of hydrogen-bond donors (Lipinski definition) is 1. The van der Waals surface area contributed by atoms with Crippen LogP contribution < -0.4 is 5.46 Å². The van der Waals surface area contributed by atoms with E-state index in [-0.39, 0.29) is 5.78 Å². The number of Topliss-reactive ketones (excluding diaryl/α,β-unsaturated/α-hetero) is 1. The molecular weight excluding hydrogens is 251 g/mol. The number of carbonyl (C=O) groups excluding carboxylic acids is 1. The maximum atomic E-state index is 12.2. The van der Waals surface area contributed by atoms with E-state index in [0.717, 1.165) is 23.0 Å². The summed E-state index contributed by atoms with van der Waals surface area (Å²) >= 11 is 0. The van der Waals surface area contributed by atoms with E-state index in [1.54, 1.807) is 6.07 Å². The Labute approximate surface area is 118 Å². The Morgan fingerprint density at radius 3 is 2.80 bits per heavy atom. The number of benzene rings is 2. The summed E-state index contributed by atoms with van der Waals surface area (Å²) in [6.07, 6.45) is 1.20. The van der Waals surface area contributed by atoms with Crippen molar-refractivity contribution in [1.82, 2.24) is 0 Å². The van der Waals surface area contributed by atoms with Gasteiger partial charge in [0.25, 0.3) is 0 Å². The van der Waals surface area contributed by atoms with E-state index in [4.69, 9.17) is 4.65 Å². The van der Waals surface area contributed by atoms with Gasteiger partial charge in [-0.3, -0.25) is 4.79 Å². The Balaban J connectivity index is 1.70. The van der Waals surface area contributed by atoms with Gasteiger partial charge in [0.05, 0.1) is 6.61 Å². The Kier molecular flexibility index (Phi) is 3.67. The van der Waals surface area contributed by atoms with Crippen LogP contribution in [0.15, 0.2) is 48.5 Å². The predicted octanol–water partition coefficient (Wildman–Crippen LogP) is 1.72. The molecule has 2 aromatic carbocycles. The number of hydrogen-bond acceptors (Lipinski definition) is 3. The van der Waals surface area contributed by atoms with E-state index in [1.807, 2.05) is 42.5 Å². The van der Waals surface area contributed by atoms with Gasteiger partial charge in [-0.2, -0.15) is 0 Å². The Morgan fingerprint density at radius 1 is 1.20 bits per heavy atom. The van der Waals surface area contributed by atoms with Crippen LogP contribution in [0.5, 0.6) is 0 Å². The van der Waals surface area contributed by atoms with Gasteiger partial charge < -0.3 is 9.68 Å². The smallest absolute Gasteiger partial charge is 0.423 e. The summed E-state index contributed by atoms with van der Waals surface area (Å²) in [5, 5.41) is 9.66. The Hall–Kier alpha value is -1.91. The van der Waals surface area contributed by atoms with E-state index in [2.05, 4.69) is 0 Å². The Morgan fingerprint density at radius 2 is 2.00 bits per heavy atom. The van der Waals surface area contributed by atoms with Gasteiger partial charge in [0.2, 0.25) is 0 Å². The lowest BCUT2D eigenvalue weighted by atomic mass is 9.78.